The van der Waals surface area contributed by atoms with Crippen LogP contribution in [0.1, 0.15) is 0 Å². The third kappa shape index (κ3) is 3.09. The van der Waals surface area contributed by atoms with Crippen molar-refractivity contribution in [2.75, 3.05) is 13.2 Å². The van der Waals surface area contributed by atoms with E-state index in [1.807, 2.05) is 17.5 Å². The third-order valence-corrected chi connectivity index (χ3v) is 4.54. The number of aliphatic hydroxyl groups excluding tert-OH is 1. The highest BCUT2D eigenvalue weighted by Gasteiger charge is 2.15. The minimum atomic E-state index is -0.547. The van der Waals surface area contributed by atoms with Gasteiger partial charge in [-0.3, -0.25) is 14.3 Å². The van der Waals surface area contributed by atoms with E-state index in [0.29, 0.717) is 15.2 Å². The highest BCUT2D eigenvalue weighted by atomic mass is 35.5. The number of ether oxygens (including phenoxy) is 1. The first-order valence-electron chi connectivity index (χ1n) is 6.80. The molecule has 2 aromatic heterocycles. The van der Waals surface area contributed by atoms with Crippen LogP contribution in [0.5, 0.6) is 0 Å². The first-order valence-corrected chi connectivity index (χ1v) is 8.06. The summed E-state index contributed by atoms with van der Waals surface area (Å²) in [5, 5.41) is 11.2. The smallest absolute Gasteiger partial charge is 0.330 e. The SMILES string of the molecule is O=c1[nH]c(=O)n(COCCO)c2c(-c3ccc(Cl)cc3)csc12. The van der Waals surface area contributed by atoms with Gasteiger partial charge in [-0.25, -0.2) is 4.79 Å². The van der Waals surface area contributed by atoms with E-state index in [1.165, 1.54) is 15.9 Å². The van der Waals surface area contributed by atoms with Gasteiger partial charge in [0.15, 0.2) is 0 Å². The van der Waals surface area contributed by atoms with Gasteiger partial charge in [0.1, 0.15) is 11.4 Å². The monoisotopic (exact) mass is 352 g/mol. The number of aliphatic hydroxyl groups is 1. The average Bonchev–Trinajstić information content (AvgIpc) is 2.97. The molecule has 0 fully saturated rings. The van der Waals surface area contributed by atoms with Gasteiger partial charge in [-0.15, -0.1) is 11.3 Å². The van der Waals surface area contributed by atoms with E-state index in [9.17, 15) is 9.59 Å². The standard InChI is InChI=1S/C15H13ClN2O4S/c16-10-3-1-9(2-4-10)11-7-23-13-12(11)18(8-22-6-5-19)15(21)17-14(13)20/h1-4,7,19H,5-6,8H2,(H,17,20,21). The Bertz CT molecular complexity index is 943. The molecule has 0 aliphatic heterocycles. The largest absolute Gasteiger partial charge is 0.394 e. The lowest BCUT2D eigenvalue weighted by Crippen LogP contribution is -2.30. The lowest BCUT2D eigenvalue weighted by molar-refractivity contribution is 0.0481. The number of aromatic amines is 1. The second-order valence-electron chi connectivity index (χ2n) is 4.78. The number of hydrogen-bond acceptors (Lipinski definition) is 5. The van der Waals surface area contributed by atoms with Gasteiger partial charge in [0.25, 0.3) is 5.56 Å². The maximum atomic E-state index is 12.1. The lowest BCUT2D eigenvalue weighted by atomic mass is 10.1. The number of halogens is 1. The Morgan fingerprint density at radius 1 is 1.26 bits per heavy atom. The molecule has 2 N–H and O–H groups in total. The molecule has 3 aromatic rings. The number of benzene rings is 1. The summed E-state index contributed by atoms with van der Waals surface area (Å²) in [6.07, 6.45) is 0. The van der Waals surface area contributed by atoms with Gasteiger partial charge in [0, 0.05) is 16.0 Å². The molecule has 6 nitrogen and oxygen atoms in total. The normalized spacial score (nSPS) is 11.2. The highest BCUT2D eigenvalue weighted by Crippen LogP contribution is 2.32. The van der Waals surface area contributed by atoms with E-state index in [0.717, 1.165) is 11.1 Å². The molecule has 0 saturated heterocycles. The Morgan fingerprint density at radius 2 is 2.00 bits per heavy atom. The molecular formula is C15H13ClN2O4S. The van der Waals surface area contributed by atoms with Gasteiger partial charge in [-0.2, -0.15) is 0 Å². The van der Waals surface area contributed by atoms with E-state index >= 15 is 0 Å². The number of nitrogens with zero attached hydrogens (tertiary/aromatic N) is 1. The molecule has 3 rings (SSSR count). The molecule has 23 heavy (non-hydrogen) atoms. The summed E-state index contributed by atoms with van der Waals surface area (Å²) in [5.41, 5.74) is 1.16. The fourth-order valence-corrected chi connectivity index (χ4v) is 3.38. The van der Waals surface area contributed by atoms with Crippen molar-refractivity contribution in [3.05, 3.63) is 55.5 Å². The van der Waals surface area contributed by atoms with Gasteiger partial charge >= 0.3 is 5.69 Å². The molecule has 0 aliphatic carbocycles. The fraction of sp³-hybridized carbons (Fsp3) is 0.200. The summed E-state index contributed by atoms with van der Waals surface area (Å²) in [6, 6.07) is 7.15. The molecule has 0 amide bonds. The number of rotatable bonds is 5. The van der Waals surface area contributed by atoms with Crippen molar-refractivity contribution in [1.82, 2.24) is 9.55 Å². The Hall–Kier alpha value is -1.93. The number of aromatic nitrogens is 2. The maximum Gasteiger partial charge on any atom is 0.330 e. The van der Waals surface area contributed by atoms with E-state index in [2.05, 4.69) is 4.98 Å². The van der Waals surface area contributed by atoms with E-state index < -0.39 is 11.2 Å². The molecule has 0 bridgehead atoms. The van der Waals surface area contributed by atoms with Crippen LogP contribution in [-0.4, -0.2) is 27.9 Å². The minimum absolute atomic E-state index is 0.0516. The van der Waals surface area contributed by atoms with Gasteiger partial charge in [0.05, 0.1) is 18.7 Å². The summed E-state index contributed by atoms with van der Waals surface area (Å²) in [6.45, 7) is -0.0909. The molecule has 0 saturated carbocycles. The summed E-state index contributed by atoms with van der Waals surface area (Å²) >= 11 is 7.17. The Morgan fingerprint density at radius 3 is 2.70 bits per heavy atom. The van der Waals surface area contributed by atoms with Crippen molar-refractivity contribution >= 4 is 33.2 Å². The fourth-order valence-electron chi connectivity index (χ4n) is 2.28. The second kappa shape index (κ2) is 6.67. The Kier molecular flexibility index (Phi) is 4.63. The lowest BCUT2D eigenvalue weighted by Gasteiger charge is -2.09. The Balaban J connectivity index is 2.21. The number of fused-ring (bicyclic) bond motifs is 1. The Labute approximate surface area is 139 Å². The van der Waals surface area contributed by atoms with Gasteiger partial charge in [0.2, 0.25) is 0 Å². The molecule has 0 spiro atoms. The molecule has 0 aliphatic rings. The van der Waals surface area contributed by atoms with Crippen LogP contribution >= 0.6 is 22.9 Å². The van der Waals surface area contributed by atoms with Crippen LogP contribution in [0.4, 0.5) is 0 Å². The zero-order chi connectivity index (χ0) is 16.4. The summed E-state index contributed by atoms with van der Waals surface area (Å²) in [5.74, 6) is 0. The second-order valence-corrected chi connectivity index (χ2v) is 6.10. The molecule has 0 unspecified atom stereocenters. The quantitative estimate of drug-likeness (QED) is 0.688. The van der Waals surface area contributed by atoms with E-state index in [-0.39, 0.29) is 19.9 Å². The summed E-state index contributed by atoms with van der Waals surface area (Å²) in [7, 11) is 0. The number of nitrogens with one attached hydrogen (secondary N) is 1. The molecular weight excluding hydrogens is 340 g/mol. The van der Waals surface area contributed by atoms with Crippen LogP contribution in [0.3, 0.4) is 0 Å². The van der Waals surface area contributed by atoms with E-state index in [1.54, 1.807) is 12.1 Å². The van der Waals surface area contributed by atoms with Gasteiger partial charge < -0.3 is 9.84 Å². The summed E-state index contributed by atoms with van der Waals surface area (Å²) in [4.78, 5) is 26.4. The number of hydrogen-bond donors (Lipinski definition) is 2. The van der Waals surface area contributed by atoms with Crippen molar-refractivity contribution in [3.63, 3.8) is 0 Å². The van der Waals surface area contributed by atoms with Gasteiger partial charge in [-0.1, -0.05) is 23.7 Å². The molecule has 120 valence electrons. The van der Waals surface area contributed by atoms with Crippen LogP contribution < -0.4 is 11.2 Å². The van der Waals surface area contributed by atoms with Crippen molar-refractivity contribution in [2.45, 2.75) is 6.73 Å². The maximum absolute atomic E-state index is 12.1. The van der Waals surface area contributed by atoms with Crippen molar-refractivity contribution < 1.29 is 9.84 Å². The van der Waals surface area contributed by atoms with E-state index in [4.69, 9.17) is 21.4 Å². The van der Waals surface area contributed by atoms with Crippen LogP contribution in [0.25, 0.3) is 21.3 Å². The molecule has 8 heteroatoms. The minimum Gasteiger partial charge on any atom is -0.394 e. The average molecular weight is 353 g/mol. The predicted molar refractivity (Wildman–Crippen MR) is 90.2 cm³/mol. The first kappa shape index (κ1) is 15.9. The van der Waals surface area contributed by atoms with Crippen molar-refractivity contribution in [3.8, 4) is 11.1 Å². The van der Waals surface area contributed by atoms with Crippen molar-refractivity contribution in [2.24, 2.45) is 0 Å². The zero-order valence-corrected chi connectivity index (χ0v) is 13.5. The topological polar surface area (TPSA) is 84.3 Å². The summed E-state index contributed by atoms with van der Waals surface area (Å²) < 4.78 is 7.05. The van der Waals surface area contributed by atoms with Crippen LogP contribution in [0, 0.1) is 0 Å². The van der Waals surface area contributed by atoms with Crippen LogP contribution in [0.15, 0.2) is 39.2 Å². The van der Waals surface area contributed by atoms with Crippen molar-refractivity contribution in [1.29, 1.82) is 0 Å². The molecule has 2 heterocycles. The number of thiophene rings is 1. The highest BCUT2D eigenvalue weighted by molar-refractivity contribution is 7.17. The molecule has 0 radical (unpaired) electrons. The van der Waals surface area contributed by atoms with Crippen LogP contribution in [0.2, 0.25) is 5.02 Å². The zero-order valence-electron chi connectivity index (χ0n) is 11.9. The predicted octanol–water partition coefficient (Wildman–Crippen LogP) is 2.04. The van der Waals surface area contributed by atoms with Gasteiger partial charge in [-0.05, 0) is 17.7 Å². The third-order valence-electron chi connectivity index (χ3n) is 3.32. The molecule has 1 aromatic carbocycles. The number of H-pyrrole nitrogens is 1. The molecule has 0 atom stereocenters. The first-order chi connectivity index (χ1) is 11.1. The van der Waals surface area contributed by atoms with Crippen LogP contribution in [-0.2, 0) is 11.5 Å².